The lowest BCUT2D eigenvalue weighted by Crippen LogP contribution is -2.45. The summed E-state index contributed by atoms with van der Waals surface area (Å²) in [7, 11) is -5.41. The molecule has 1 radical (unpaired) electrons. The number of hydrogen-bond acceptors (Lipinski definition) is 3. The molecule has 0 aliphatic carbocycles. The van der Waals surface area contributed by atoms with Crippen molar-refractivity contribution in [3.63, 3.8) is 0 Å². The molecular weight excluding hydrogens is 271 g/mol. The van der Waals surface area contributed by atoms with Gasteiger partial charge in [-0.25, -0.2) is 8.42 Å². The summed E-state index contributed by atoms with van der Waals surface area (Å²) in [5, 5.41) is 0. The van der Waals surface area contributed by atoms with E-state index in [4.69, 9.17) is 4.74 Å². The van der Waals surface area contributed by atoms with E-state index in [2.05, 4.69) is 6.07 Å². The SMILES string of the molecule is CCC(NS(=O)(=O)C(F)(F)F)Oc1cc[c]cc1. The Hall–Kier alpha value is -1.28. The smallest absolute Gasteiger partial charge is 0.474 e. The van der Waals surface area contributed by atoms with Gasteiger partial charge in [0.25, 0.3) is 0 Å². The molecule has 0 amide bonds. The van der Waals surface area contributed by atoms with Gasteiger partial charge in [0, 0.05) is 0 Å². The molecule has 0 heterocycles. The van der Waals surface area contributed by atoms with E-state index in [1.54, 1.807) is 0 Å². The maximum atomic E-state index is 12.2. The molecule has 1 atom stereocenters. The summed E-state index contributed by atoms with van der Waals surface area (Å²) in [5.41, 5.74) is -5.35. The average Bonchev–Trinajstić information content (AvgIpc) is 2.27. The third-order valence-corrected chi connectivity index (χ3v) is 3.11. The van der Waals surface area contributed by atoms with Crippen molar-refractivity contribution in [3.8, 4) is 5.75 Å². The van der Waals surface area contributed by atoms with E-state index in [1.165, 1.54) is 35.9 Å². The fourth-order valence-corrected chi connectivity index (χ4v) is 1.74. The van der Waals surface area contributed by atoms with E-state index < -0.39 is 21.8 Å². The summed E-state index contributed by atoms with van der Waals surface area (Å²) in [5.74, 6) is 0.255. The molecule has 0 aliphatic heterocycles. The minimum Gasteiger partial charge on any atom is -0.474 e. The Labute approximate surface area is 103 Å². The first-order valence-corrected chi connectivity index (χ1v) is 6.46. The highest BCUT2D eigenvalue weighted by Crippen LogP contribution is 2.22. The zero-order chi connectivity index (χ0) is 13.8. The van der Waals surface area contributed by atoms with E-state index in [-0.39, 0.29) is 12.2 Å². The van der Waals surface area contributed by atoms with Gasteiger partial charge in [0.2, 0.25) is 0 Å². The lowest BCUT2D eigenvalue weighted by molar-refractivity contribution is -0.0462. The number of ether oxygens (including phenoxy) is 1. The van der Waals surface area contributed by atoms with Crippen LogP contribution >= 0.6 is 0 Å². The van der Waals surface area contributed by atoms with Crippen molar-refractivity contribution in [2.24, 2.45) is 0 Å². The monoisotopic (exact) mass is 282 g/mol. The third kappa shape index (κ3) is 3.88. The van der Waals surface area contributed by atoms with Gasteiger partial charge in [-0.1, -0.05) is 19.1 Å². The van der Waals surface area contributed by atoms with Crippen LogP contribution in [0.2, 0.25) is 0 Å². The first-order valence-electron chi connectivity index (χ1n) is 4.97. The van der Waals surface area contributed by atoms with E-state index in [0.717, 1.165) is 0 Å². The van der Waals surface area contributed by atoms with Gasteiger partial charge in [0.05, 0.1) is 0 Å². The predicted octanol–water partition coefficient (Wildman–Crippen LogP) is 2.04. The number of sulfonamides is 1. The van der Waals surface area contributed by atoms with Crippen molar-refractivity contribution in [3.05, 3.63) is 30.3 Å². The van der Waals surface area contributed by atoms with Crippen LogP contribution in [0, 0.1) is 6.07 Å². The standard InChI is InChI=1S/C10H11F3NO3S/c1-2-9(14-18(15,16)10(11,12)13)17-8-6-4-3-5-7-8/h4-7,9,14H,2H2,1H3. The molecule has 1 unspecified atom stereocenters. The Morgan fingerprint density at radius 3 is 2.39 bits per heavy atom. The van der Waals surface area contributed by atoms with Crippen LogP contribution in [0.3, 0.4) is 0 Å². The first kappa shape index (κ1) is 14.8. The van der Waals surface area contributed by atoms with Gasteiger partial charge < -0.3 is 4.74 Å². The molecule has 0 aliphatic rings. The minimum atomic E-state index is -5.41. The molecule has 0 fully saturated rings. The number of nitrogens with one attached hydrogen (secondary N) is 1. The highest BCUT2D eigenvalue weighted by atomic mass is 32.2. The number of alkyl halides is 3. The highest BCUT2D eigenvalue weighted by molar-refractivity contribution is 7.90. The second-order valence-corrected chi connectivity index (χ2v) is 5.02. The normalized spacial score (nSPS) is 14.2. The number of halogens is 3. The van der Waals surface area contributed by atoms with Gasteiger partial charge in [0.15, 0.2) is 6.23 Å². The molecule has 0 saturated heterocycles. The topological polar surface area (TPSA) is 55.4 Å². The number of benzene rings is 1. The van der Waals surface area contributed by atoms with Crippen molar-refractivity contribution >= 4 is 10.0 Å². The maximum Gasteiger partial charge on any atom is 0.511 e. The van der Waals surface area contributed by atoms with Crippen molar-refractivity contribution in [1.29, 1.82) is 0 Å². The van der Waals surface area contributed by atoms with E-state index in [0.29, 0.717) is 0 Å². The maximum absolute atomic E-state index is 12.2. The largest absolute Gasteiger partial charge is 0.511 e. The first-order chi connectivity index (χ1) is 8.26. The molecule has 1 aromatic rings. The van der Waals surface area contributed by atoms with Gasteiger partial charge in [-0.15, -0.1) is 0 Å². The van der Waals surface area contributed by atoms with Crippen LogP contribution in [0.4, 0.5) is 13.2 Å². The molecule has 0 aromatic heterocycles. The van der Waals surface area contributed by atoms with Gasteiger partial charge in [-0.2, -0.15) is 17.9 Å². The molecule has 8 heteroatoms. The molecule has 1 N–H and O–H groups in total. The van der Waals surface area contributed by atoms with Crippen LogP contribution in [0.5, 0.6) is 5.75 Å². The van der Waals surface area contributed by atoms with Crippen LogP contribution in [0.1, 0.15) is 13.3 Å². The molecule has 101 valence electrons. The van der Waals surface area contributed by atoms with Gasteiger partial charge >= 0.3 is 15.5 Å². The molecule has 0 spiro atoms. The van der Waals surface area contributed by atoms with Crippen LogP contribution in [0.15, 0.2) is 24.3 Å². The summed E-state index contributed by atoms with van der Waals surface area (Å²) in [4.78, 5) is 0. The molecule has 0 saturated carbocycles. The molecule has 1 rings (SSSR count). The molecule has 0 bridgehead atoms. The quantitative estimate of drug-likeness (QED) is 0.841. The van der Waals surface area contributed by atoms with Crippen LogP contribution in [-0.2, 0) is 10.0 Å². The molecule has 18 heavy (non-hydrogen) atoms. The zero-order valence-corrected chi connectivity index (χ0v) is 10.2. The lowest BCUT2D eigenvalue weighted by atomic mass is 10.3. The predicted molar refractivity (Wildman–Crippen MR) is 58.1 cm³/mol. The summed E-state index contributed by atoms with van der Waals surface area (Å²) in [6.07, 6.45) is -1.23. The Morgan fingerprint density at radius 1 is 1.39 bits per heavy atom. The second-order valence-electron chi connectivity index (χ2n) is 3.32. The third-order valence-electron chi connectivity index (χ3n) is 1.93. The summed E-state index contributed by atoms with van der Waals surface area (Å²) < 4.78 is 64.8. The number of rotatable bonds is 5. The van der Waals surface area contributed by atoms with Crippen molar-refractivity contribution in [1.82, 2.24) is 4.72 Å². The zero-order valence-electron chi connectivity index (χ0n) is 9.36. The van der Waals surface area contributed by atoms with Crippen LogP contribution in [-0.4, -0.2) is 20.2 Å². The van der Waals surface area contributed by atoms with Gasteiger partial charge in [-0.3, -0.25) is 0 Å². The fraction of sp³-hybridized carbons (Fsp3) is 0.400. The Balaban J connectivity index is 2.75. The van der Waals surface area contributed by atoms with Crippen molar-refractivity contribution in [2.75, 3.05) is 0 Å². The van der Waals surface area contributed by atoms with Crippen LogP contribution < -0.4 is 9.46 Å². The van der Waals surface area contributed by atoms with Crippen molar-refractivity contribution in [2.45, 2.75) is 25.1 Å². The van der Waals surface area contributed by atoms with E-state index in [9.17, 15) is 21.6 Å². The van der Waals surface area contributed by atoms with Gasteiger partial charge in [-0.05, 0) is 24.6 Å². The molecule has 4 nitrogen and oxygen atoms in total. The Bertz CT molecular complexity index is 473. The Morgan fingerprint density at radius 2 is 1.94 bits per heavy atom. The van der Waals surface area contributed by atoms with E-state index >= 15 is 0 Å². The highest BCUT2D eigenvalue weighted by Gasteiger charge is 2.47. The van der Waals surface area contributed by atoms with Crippen LogP contribution in [0.25, 0.3) is 0 Å². The average molecular weight is 282 g/mol. The lowest BCUT2D eigenvalue weighted by Gasteiger charge is -2.19. The number of hydrogen-bond donors (Lipinski definition) is 1. The molecular formula is C10H11F3NO3S. The molecule has 1 aromatic carbocycles. The minimum absolute atomic E-state index is 0.0495. The summed E-state index contributed by atoms with van der Waals surface area (Å²) in [6.45, 7) is 1.50. The van der Waals surface area contributed by atoms with E-state index in [1.807, 2.05) is 0 Å². The second kappa shape index (κ2) is 5.57. The summed E-state index contributed by atoms with van der Waals surface area (Å²) >= 11 is 0. The fourth-order valence-electron chi connectivity index (χ4n) is 1.05. The Kier molecular flexibility index (Phi) is 4.58. The van der Waals surface area contributed by atoms with Gasteiger partial charge in [0.1, 0.15) is 5.75 Å². The van der Waals surface area contributed by atoms with Crippen molar-refractivity contribution < 1.29 is 26.3 Å². The summed E-state index contributed by atoms with van der Waals surface area (Å²) in [6, 6.07) is 8.62.